The standard InChI is InChI=1S/C19H19N3O2S2/c1-11-5-4-6-12(9-11)20-15(23)10-25-19-21-17(24)16-13-7-2-3-8-14(13)26-18(16)22-19/h4-6,9H,2-3,7-8,10H2,1H3,(H,20,23)(H,21,22,24). The second kappa shape index (κ2) is 7.25. The number of nitrogens with one attached hydrogen (secondary N) is 2. The Balaban J connectivity index is 1.49. The van der Waals surface area contributed by atoms with E-state index in [2.05, 4.69) is 15.3 Å². The lowest BCUT2D eigenvalue weighted by atomic mass is 9.97. The van der Waals surface area contributed by atoms with E-state index in [1.807, 2.05) is 31.2 Å². The van der Waals surface area contributed by atoms with Gasteiger partial charge in [0.2, 0.25) is 5.91 Å². The van der Waals surface area contributed by atoms with E-state index < -0.39 is 0 Å². The summed E-state index contributed by atoms with van der Waals surface area (Å²) in [6, 6.07) is 7.67. The van der Waals surface area contributed by atoms with E-state index in [-0.39, 0.29) is 17.2 Å². The Labute approximate surface area is 159 Å². The number of aromatic nitrogens is 2. The highest BCUT2D eigenvalue weighted by Crippen LogP contribution is 2.34. The number of fused-ring (bicyclic) bond motifs is 3. The molecule has 0 atom stereocenters. The zero-order valence-corrected chi connectivity index (χ0v) is 16.1. The largest absolute Gasteiger partial charge is 0.325 e. The number of benzene rings is 1. The minimum atomic E-state index is -0.117. The average Bonchev–Trinajstić information content (AvgIpc) is 2.99. The predicted octanol–water partition coefficient (Wildman–Crippen LogP) is 3.90. The molecular formula is C19H19N3O2S2. The molecule has 0 radical (unpaired) electrons. The average molecular weight is 386 g/mol. The van der Waals surface area contributed by atoms with Gasteiger partial charge in [0, 0.05) is 10.6 Å². The van der Waals surface area contributed by atoms with Crippen LogP contribution in [0.1, 0.15) is 28.8 Å². The van der Waals surface area contributed by atoms with Crippen molar-refractivity contribution in [2.24, 2.45) is 0 Å². The Kier molecular flexibility index (Phi) is 4.82. The number of hydrogen-bond donors (Lipinski definition) is 2. The molecule has 134 valence electrons. The molecule has 5 nitrogen and oxygen atoms in total. The molecule has 2 heterocycles. The zero-order valence-electron chi connectivity index (χ0n) is 14.4. The van der Waals surface area contributed by atoms with E-state index in [4.69, 9.17) is 0 Å². The van der Waals surface area contributed by atoms with Crippen LogP contribution in [0, 0.1) is 6.92 Å². The number of H-pyrrole nitrogens is 1. The Morgan fingerprint density at radius 2 is 2.19 bits per heavy atom. The van der Waals surface area contributed by atoms with Gasteiger partial charge in [0.1, 0.15) is 4.83 Å². The molecule has 1 aromatic carbocycles. The van der Waals surface area contributed by atoms with Crippen LogP contribution < -0.4 is 10.9 Å². The Morgan fingerprint density at radius 1 is 1.35 bits per heavy atom. The normalized spacial score (nSPS) is 13.6. The van der Waals surface area contributed by atoms with Crippen LogP contribution in [0.4, 0.5) is 5.69 Å². The summed E-state index contributed by atoms with van der Waals surface area (Å²) in [5.74, 6) is 0.0850. The Bertz CT molecular complexity index is 1040. The summed E-state index contributed by atoms with van der Waals surface area (Å²) in [5.41, 5.74) is 2.96. The minimum Gasteiger partial charge on any atom is -0.325 e. The Hall–Kier alpha value is -2.12. The lowest BCUT2D eigenvalue weighted by molar-refractivity contribution is -0.113. The van der Waals surface area contributed by atoms with Crippen molar-refractivity contribution in [1.82, 2.24) is 9.97 Å². The number of thioether (sulfide) groups is 1. The number of hydrogen-bond acceptors (Lipinski definition) is 5. The Morgan fingerprint density at radius 3 is 3.04 bits per heavy atom. The number of aromatic amines is 1. The summed E-state index contributed by atoms with van der Waals surface area (Å²) >= 11 is 2.88. The molecule has 0 fully saturated rings. The van der Waals surface area contributed by atoms with Gasteiger partial charge in [-0.15, -0.1) is 11.3 Å². The maximum absolute atomic E-state index is 12.5. The van der Waals surface area contributed by atoms with Crippen molar-refractivity contribution in [1.29, 1.82) is 0 Å². The number of carbonyl (C=O) groups excluding carboxylic acids is 1. The van der Waals surface area contributed by atoms with Gasteiger partial charge in [-0.2, -0.15) is 0 Å². The fourth-order valence-corrected chi connectivity index (χ4v) is 5.25. The van der Waals surface area contributed by atoms with Gasteiger partial charge in [0.05, 0.1) is 11.1 Å². The van der Waals surface area contributed by atoms with Crippen LogP contribution in [0.25, 0.3) is 10.2 Å². The highest BCUT2D eigenvalue weighted by Gasteiger charge is 2.20. The number of anilines is 1. The maximum Gasteiger partial charge on any atom is 0.260 e. The zero-order chi connectivity index (χ0) is 18.1. The van der Waals surface area contributed by atoms with Crippen LogP contribution in [0.15, 0.2) is 34.2 Å². The molecule has 0 spiro atoms. The second-order valence-corrected chi connectivity index (χ2v) is 8.52. The first kappa shape index (κ1) is 17.3. The number of aryl methyl sites for hydroxylation is 3. The van der Waals surface area contributed by atoms with E-state index in [0.29, 0.717) is 5.16 Å². The first-order valence-electron chi connectivity index (χ1n) is 8.64. The van der Waals surface area contributed by atoms with E-state index in [0.717, 1.165) is 40.7 Å². The summed E-state index contributed by atoms with van der Waals surface area (Å²) in [6.45, 7) is 1.98. The van der Waals surface area contributed by atoms with Gasteiger partial charge in [-0.25, -0.2) is 4.98 Å². The van der Waals surface area contributed by atoms with Gasteiger partial charge < -0.3 is 10.3 Å². The van der Waals surface area contributed by atoms with Crippen molar-refractivity contribution >= 4 is 44.9 Å². The molecule has 2 aromatic heterocycles. The summed E-state index contributed by atoms with van der Waals surface area (Å²) in [6.07, 6.45) is 4.31. The number of rotatable bonds is 4. The third kappa shape index (κ3) is 3.54. The molecule has 0 unspecified atom stereocenters. The molecular weight excluding hydrogens is 366 g/mol. The van der Waals surface area contributed by atoms with Crippen LogP contribution in [-0.4, -0.2) is 21.6 Å². The second-order valence-electron chi connectivity index (χ2n) is 6.47. The molecule has 0 aliphatic heterocycles. The monoisotopic (exact) mass is 385 g/mol. The molecule has 1 aliphatic rings. The third-order valence-electron chi connectivity index (χ3n) is 4.45. The van der Waals surface area contributed by atoms with Crippen LogP contribution in [0.3, 0.4) is 0 Å². The molecule has 0 bridgehead atoms. The van der Waals surface area contributed by atoms with Crippen molar-refractivity contribution in [3.63, 3.8) is 0 Å². The molecule has 7 heteroatoms. The minimum absolute atomic E-state index is 0.0870. The van der Waals surface area contributed by atoms with Gasteiger partial charge in [0.25, 0.3) is 5.56 Å². The fraction of sp³-hybridized carbons (Fsp3) is 0.316. The van der Waals surface area contributed by atoms with E-state index >= 15 is 0 Å². The first-order valence-corrected chi connectivity index (χ1v) is 10.4. The summed E-state index contributed by atoms with van der Waals surface area (Å²) in [5, 5.41) is 4.12. The molecule has 26 heavy (non-hydrogen) atoms. The predicted molar refractivity (Wildman–Crippen MR) is 107 cm³/mol. The number of nitrogens with zero attached hydrogens (tertiary/aromatic N) is 1. The summed E-state index contributed by atoms with van der Waals surface area (Å²) in [4.78, 5) is 34.2. The van der Waals surface area contributed by atoms with Crippen LogP contribution in [0.5, 0.6) is 0 Å². The number of amides is 1. The van der Waals surface area contributed by atoms with Gasteiger partial charge in [-0.3, -0.25) is 9.59 Å². The summed E-state index contributed by atoms with van der Waals surface area (Å²) in [7, 11) is 0. The lowest BCUT2D eigenvalue weighted by Gasteiger charge is -2.09. The highest BCUT2D eigenvalue weighted by atomic mass is 32.2. The van der Waals surface area contributed by atoms with Gasteiger partial charge in [0.15, 0.2) is 5.16 Å². The molecule has 3 aromatic rings. The lowest BCUT2D eigenvalue weighted by Crippen LogP contribution is -2.15. The SMILES string of the molecule is Cc1cccc(NC(=O)CSc2nc3sc4c(c3c(=O)[nH]2)CCCC4)c1. The maximum atomic E-state index is 12.5. The molecule has 0 saturated heterocycles. The van der Waals surface area contributed by atoms with Crippen molar-refractivity contribution < 1.29 is 4.79 Å². The van der Waals surface area contributed by atoms with Crippen molar-refractivity contribution in [3.05, 3.63) is 50.6 Å². The van der Waals surface area contributed by atoms with Gasteiger partial charge in [-0.1, -0.05) is 23.9 Å². The summed E-state index contributed by atoms with van der Waals surface area (Å²) < 4.78 is 0. The van der Waals surface area contributed by atoms with E-state index in [1.54, 1.807) is 11.3 Å². The van der Waals surface area contributed by atoms with E-state index in [1.165, 1.54) is 28.6 Å². The van der Waals surface area contributed by atoms with Crippen molar-refractivity contribution in [2.45, 2.75) is 37.8 Å². The van der Waals surface area contributed by atoms with Crippen LogP contribution in [0.2, 0.25) is 0 Å². The quantitative estimate of drug-likeness (QED) is 0.528. The molecule has 4 rings (SSSR count). The topological polar surface area (TPSA) is 74.8 Å². The molecule has 2 N–H and O–H groups in total. The third-order valence-corrected chi connectivity index (χ3v) is 6.50. The van der Waals surface area contributed by atoms with Crippen molar-refractivity contribution in [3.8, 4) is 0 Å². The first-order chi connectivity index (χ1) is 12.6. The van der Waals surface area contributed by atoms with Crippen LogP contribution >= 0.6 is 23.1 Å². The smallest absolute Gasteiger partial charge is 0.260 e. The fourth-order valence-electron chi connectivity index (χ4n) is 3.27. The number of thiophene rings is 1. The van der Waals surface area contributed by atoms with Gasteiger partial charge >= 0.3 is 0 Å². The van der Waals surface area contributed by atoms with Crippen LogP contribution in [-0.2, 0) is 17.6 Å². The number of carbonyl (C=O) groups is 1. The molecule has 1 aliphatic carbocycles. The van der Waals surface area contributed by atoms with Crippen molar-refractivity contribution in [2.75, 3.05) is 11.1 Å². The molecule has 1 amide bonds. The highest BCUT2D eigenvalue weighted by molar-refractivity contribution is 7.99. The molecule has 0 saturated carbocycles. The van der Waals surface area contributed by atoms with E-state index in [9.17, 15) is 9.59 Å². The van der Waals surface area contributed by atoms with Gasteiger partial charge in [-0.05, 0) is 55.9 Å².